The number of fused-ring (bicyclic) bond motifs is 1. The second kappa shape index (κ2) is 27.9. The van der Waals surface area contributed by atoms with Crippen LogP contribution in [-0.2, 0) is 43.2 Å². The van der Waals surface area contributed by atoms with E-state index in [1.54, 1.807) is 56.3 Å². The van der Waals surface area contributed by atoms with E-state index < -0.39 is 44.8 Å². The third-order valence-corrected chi connectivity index (χ3v) is 15.7. The van der Waals surface area contributed by atoms with E-state index in [0.717, 1.165) is 36.4 Å². The average molecular weight is 1100 g/mol. The number of benzene rings is 3. The number of aryl methyl sites for hydroxylation is 1. The molecule has 7 rings (SSSR count). The lowest BCUT2D eigenvalue weighted by molar-refractivity contribution is -0.136. The Labute approximate surface area is 454 Å². The van der Waals surface area contributed by atoms with E-state index >= 15 is 0 Å². The number of sulfone groups is 1. The zero-order valence-electron chi connectivity index (χ0n) is 44.3. The van der Waals surface area contributed by atoms with Crippen LogP contribution in [0.5, 0.6) is 5.75 Å². The van der Waals surface area contributed by atoms with Crippen LogP contribution in [0.25, 0.3) is 0 Å². The number of para-hydroxylation sites is 1. The minimum atomic E-state index is -3.59. The third-order valence-electron chi connectivity index (χ3n) is 13.2. The van der Waals surface area contributed by atoms with Crippen LogP contribution >= 0.6 is 11.6 Å². The summed E-state index contributed by atoms with van der Waals surface area (Å²) in [4.78, 5) is 75.4. The molecule has 3 aromatic carbocycles. The number of ether oxygens (including phenoxy) is 5. The number of carbonyl (C=O) groups excluding carboxylic acids is 5. The Bertz CT molecular complexity index is 2850. The first kappa shape index (κ1) is 58.4. The maximum absolute atomic E-state index is 13.2. The van der Waals surface area contributed by atoms with Gasteiger partial charge in [0.2, 0.25) is 23.7 Å². The van der Waals surface area contributed by atoms with Crippen molar-refractivity contribution < 1.29 is 56.1 Å². The molecule has 1 unspecified atom stereocenters. The van der Waals surface area contributed by atoms with E-state index in [9.17, 15) is 32.4 Å². The molecule has 5 amide bonds. The molecule has 5 N–H and O–H groups in total. The molecule has 0 saturated carbocycles. The molecule has 2 fully saturated rings. The Morgan fingerprint density at radius 2 is 1.47 bits per heavy atom. The molecule has 77 heavy (non-hydrogen) atoms. The van der Waals surface area contributed by atoms with Crippen molar-refractivity contribution in [1.82, 2.24) is 30.4 Å². The summed E-state index contributed by atoms with van der Waals surface area (Å²) in [7, 11) is -3.59. The van der Waals surface area contributed by atoms with Crippen molar-refractivity contribution in [2.75, 3.05) is 102 Å². The van der Waals surface area contributed by atoms with E-state index in [1.807, 2.05) is 19.9 Å². The SMILES string of the molecule is Cc1cc(Nc2ncc(Cl)c(Nc3ccccc3S(=O)(=O)C(C)C)n2)c(OC(C)C)cc1C1CCN(CCC(=O)NCCOCCOCCOCCOCCNc2cccc3c2C(=O)N(C2CCC(=O)NC2=O)C3=O)CC1. The summed E-state index contributed by atoms with van der Waals surface area (Å²) in [5.41, 5.74) is 4.20. The minimum Gasteiger partial charge on any atom is -0.489 e. The van der Waals surface area contributed by atoms with E-state index in [2.05, 4.69) is 54.4 Å². The van der Waals surface area contributed by atoms with Gasteiger partial charge in [-0.3, -0.25) is 34.2 Å². The highest BCUT2D eigenvalue weighted by atomic mass is 35.5. The van der Waals surface area contributed by atoms with E-state index in [0.29, 0.717) is 108 Å². The first-order valence-electron chi connectivity index (χ1n) is 26.1. The van der Waals surface area contributed by atoms with Crippen molar-refractivity contribution in [3.05, 3.63) is 88.1 Å². The lowest BCUT2D eigenvalue weighted by Crippen LogP contribution is -2.54. The number of aromatic nitrogens is 2. The Hall–Kier alpha value is -6.27. The molecule has 23 heteroatoms. The number of hydrogen-bond donors (Lipinski definition) is 5. The fraction of sp³-hybridized carbons (Fsp3) is 0.500. The number of nitrogens with zero attached hydrogens (tertiary/aromatic N) is 4. The number of nitrogens with one attached hydrogen (secondary N) is 5. The molecule has 3 aliphatic rings. The number of likely N-dealkylation sites (tertiary alicyclic amines) is 1. The van der Waals surface area contributed by atoms with Crippen LogP contribution in [0.3, 0.4) is 0 Å². The molecule has 0 spiro atoms. The Kier molecular flexibility index (Phi) is 21.1. The van der Waals surface area contributed by atoms with Crippen molar-refractivity contribution in [2.45, 2.75) is 94.9 Å². The number of halogens is 1. The number of rotatable bonds is 29. The van der Waals surface area contributed by atoms with Crippen molar-refractivity contribution in [3.63, 3.8) is 0 Å². The van der Waals surface area contributed by atoms with Gasteiger partial charge in [0.1, 0.15) is 16.8 Å². The summed E-state index contributed by atoms with van der Waals surface area (Å²) in [5.74, 6) is -0.772. The fourth-order valence-corrected chi connectivity index (χ4v) is 10.5. The highest BCUT2D eigenvalue weighted by Gasteiger charge is 2.45. The molecule has 0 aliphatic carbocycles. The summed E-state index contributed by atoms with van der Waals surface area (Å²) in [6.45, 7) is 15.3. The fourth-order valence-electron chi connectivity index (χ4n) is 9.19. The van der Waals surface area contributed by atoms with Gasteiger partial charge in [0.15, 0.2) is 15.7 Å². The molecular formula is C54H70ClN9O12S. The zero-order chi connectivity index (χ0) is 55.1. The summed E-state index contributed by atoms with van der Waals surface area (Å²) in [5, 5.41) is 14.3. The van der Waals surface area contributed by atoms with Gasteiger partial charge in [-0.1, -0.05) is 29.8 Å². The number of anilines is 5. The summed E-state index contributed by atoms with van der Waals surface area (Å²) >= 11 is 6.51. The predicted molar refractivity (Wildman–Crippen MR) is 290 cm³/mol. The number of amides is 5. The summed E-state index contributed by atoms with van der Waals surface area (Å²) in [6, 6.07) is 14.7. The van der Waals surface area contributed by atoms with Gasteiger partial charge in [0.05, 0.1) is 97.8 Å². The summed E-state index contributed by atoms with van der Waals surface area (Å²) in [6.07, 6.45) is 3.75. The molecule has 2 saturated heterocycles. The molecular weight excluding hydrogens is 1030 g/mol. The van der Waals surface area contributed by atoms with Gasteiger partial charge in [-0.05, 0) is 120 Å². The molecule has 416 valence electrons. The van der Waals surface area contributed by atoms with Gasteiger partial charge in [-0.15, -0.1) is 0 Å². The lowest BCUT2D eigenvalue weighted by atomic mass is 9.86. The predicted octanol–water partition coefficient (Wildman–Crippen LogP) is 6.16. The Morgan fingerprint density at radius 3 is 2.14 bits per heavy atom. The molecule has 1 atom stereocenters. The van der Waals surface area contributed by atoms with Crippen LogP contribution in [0, 0.1) is 6.92 Å². The standard InChI is InChI=1S/C54H70ClN9O12S/c1-34(2)76-45-32-39(36(5)31-43(45)60-54-58-33-40(55)50(62-54)59-41-10-6-7-12-46(41)77(70,71)35(3)4)37-15-20-63(21-16-37)22-17-47(65)57-19-24-73-26-28-75-30-29-74-27-25-72-23-18-56-42-11-8-9-38-49(42)53(69)64(52(38)68)44-13-14-48(66)61-51(44)67/h6-12,31-35,37,44,56H,13-30H2,1-5H3,(H,57,65)(H,61,66,67)(H2,58,59,60,62). The molecule has 0 bridgehead atoms. The highest BCUT2D eigenvalue weighted by Crippen LogP contribution is 2.39. The molecule has 0 radical (unpaired) electrons. The topological polar surface area (TPSA) is 258 Å². The number of imide groups is 2. The Balaban J connectivity index is 0.724. The highest BCUT2D eigenvalue weighted by molar-refractivity contribution is 7.92. The van der Waals surface area contributed by atoms with E-state index in [4.69, 9.17) is 35.3 Å². The molecule has 4 aromatic rings. The Morgan fingerprint density at radius 1 is 0.805 bits per heavy atom. The molecule has 3 aliphatic heterocycles. The van der Waals surface area contributed by atoms with E-state index in [-0.39, 0.29) is 57.7 Å². The maximum Gasteiger partial charge on any atom is 0.264 e. The van der Waals surface area contributed by atoms with Crippen LogP contribution in [0.2, 0.25) is 5.02 Å². The largest absolute Gasteiger partial charge is 0.489 e. The van der Waals surface area contributed by atoms with Crippen molar-refractivity contribution in [3.8, 4) is 5.75 Å². The van der Waals surface area contributed by atoms with Gasteiger partial charge in [0, 0.05) is 38.2 Å². The van der Waals surface area contributed by atoms with Gasteiger partial charge in [-0.2, -0.15) is 4.98 Å². The lowest BCUT2D eigenvalue weighted by Gasteiger charge is -2.33. The normalized spacial score (nSPS) is 16.3. The van der Waals surface area contributed by atoms with Crippen LogP contribution in [-0.4, -0.2) is 161 Å². The van der Waals surface area contributed by atoms with Crippen LogP contribution in [0.15, 0.2) is 65.7 Å². The zero-order valence-corrected chi connectivity index (χ0v) is 45.9. The van der Waals surface area contributed by atoms with Crippen molar-refractivity contribution >= 4 is 79.8 Å². The van der Waals surface area contributed by atoms with Crippen molar-refractivity contribution in [1.29, 1.82) is 0 Å². The van der Waals surface area contributed by atoms with Gasteiger partial charge in [0.25, 0.3) is 11.8 Å². The number of hydrogen-bond acceptors (Lipinski definition) is 18. The molecule has 4 heterocycles. The van der Waals surface area contributed by atoms with Crippen molar-refractivity contribution in [2.24, 2.45) is 0 Å². The number of piperidine rings is 2. The number of carbonyl (C=O) groups is 5. The first-order chi connectivity index (χ1) is 37.0. The third kappa shape index (κ3) is 15.7. The average Bonchev–Trinajstić information content (AvgIpc) is 3.69. The quantitative estimate of drug-likeness (QED) is 0.0301. The smallest absolute Gasteiger partial charge is 0.264 e. The van der Waals surface area contributed by atoms with Gasteiger partial charge in [-0.25, -0.2) is 13.4 Å². The first-order valence-corrected chi connectivity index (χ1v) is 28.0. The second-order valence-corrected chi connectivity index (χ2v) is 22.2. The second-order valence-electron chi connectivity index (χ2n) is 19.4. The van der Waals surface area contributed by atoms with Crippen LogP contribution in [0.4, 0.5) is 28.8 Å². The summed E-state index contributed by atoms with van der Waals surface area (Å²) < 4.78 is 54.9. The monoisotopic (exact) mass is 1100 g/mol. The van der Waals surface area contributed by atoms with Gasteiger partial charge >= 0.3 is 0 Å². The molecule has 1 aromatic heterocycles. The van der Waals surface area contributed by atoms with Crippen LogP contribution in [0.1, 0.15) is 97.6 Å². The van der Waals surface area contributed by atoms with Gasteiger partial charge < -0.3 is 49.9 Å². The molecule has 21 nitrogen and oxygen atoms in total. The van der Waals surface area contributed by atoms with Crippen LogP contribution < -0.4 is 31.3 Å². The minimum absolute atomic E-state index is 0.0242. The van der Waals surface area contributed by atoms with E-state index in [1.165, 1.54) is 11.8 Å². The maximum atomic E-state index is 13.2.